The molecule has 0 spiro atoms. The van der Waals surface area contributed by atoms with E-state index >= 15 is 0 Å². The number of aryl methyl sites for hydroxylation is 1. The van der Waals surface area contributed by atoms with Crippen LogP contribution in [0.25, 0.3) is 0 Å². The highest BCUT2D eigenvalue weighted by molar-refractivity contribution is 7.89. The Morgan fingerprint density at radius 2 is 1.82 bits per heavy atom. The number of carbonyl (C=O) groups excluding carboxylic acids is 2. The molecule has 1 N–H and O–H groups in total. The summed E-state index contributed by atoms with van der Waals surface area (Å²) in [5.74, 6) is -1.41. The second-order valence-electron chi connectivity index (χ2n) is 7.29. The molecule has 0 atom stereocenters. The average molecular weight is 512 g/mol. The van der Waals surface area contributed by atoms with Crippen LogP contribution in [0.1, 0.15) is 12.0 Å². The first-order chi connectivity index (χ1) is 16.2. The number of hydrogen-bond acceptors (Lipinski definition) is 8. The fraction of sp³-hybridized carbons (Fsp3) is 0.333. The number of carbonyl (C=O) groups is 2. The summed E-state index contributed by atoms with van der Waals surface area (Å²) in [6.07, 6.45) is 0.234. The van der Waals surface area contributed by atoms with Gasteiger partial charge in [-0.3, -0.25) is 19.7 Å². The van der Waals surface area contributed by atoms with Gasteiger partial charge in [0.1, 0.15) is 5.69 Å². The number of halogens is 1. The molecule has 34 heavy (non-hydrogen) atoms. The van der Waals surface area contributed by atoms with Crippen LogP contribution in [-0.4, -0.2) is 62.4 Å². The number of esters is 1. The Bertz CT molecular complexity index is 1170. The normalized spacial score (nSPS) is 14.4. The zero-order valence-corrected chi connectivity index (χ0v) is 19.5. The summed E-state index contributed by atoms with van der Waals surface area (Å²) in [5, 5.41) is 13.5. The SMILES string of the molecule is O=C(COC(=O)CCc1ccc(S(=O)(=O)N2CCOCC2)cc1)Nc1cc(Cl)ccc1[N+](=O)[O-]. The zero-order valence-electron chi connectivity index (χ0n) is 17.9. The molecule has 1 aliphatic rings. The molecule has 1 amide bonds. The van der Waals surface area contributed by atoms with Crippen molar-refractivity contribution in [2.45, 2.75) is 17.7 Å². The number of ether oxygens (including phenoxy) is 2. The molecule has 3 rings (SSSR count). The third-order valence-corrected chi connectivity index (χ3v) is 7.09. The average Bonchev–Trinajstić information content (AvgIpc) is 2.82. The van der Waals surface area contributed by atoms with Crippen LogP contribution in [0, 0.1) is 10.1 Å². The predicted octanol–water partition coefficient (Wildman–Crippen LogP) is 2.38. The van der Waals surface area contributed by atoms with E-state index in [-0.39, 0.29) is 34.1 Å². The number of sulfonamides is 1. The van der Waals surface area contributed by atoms with Crippen LogP contribution < -0.4 is 5.32 Å². The molecule has 0 saturated carbocycles. The van der Waals surface area contributed by atoms with Crippen molar-refractivity contribution in [2.24, 2.45) is 0 Å². The van der Waals surface area contributed by atoms with E-state index in [1.54, 1.807) is 12.1 Å². The monoisotopic (exact) mass is 511 g/mol. The van der Waals surface area contributed by atoms with E-state index in [4.69, 9.17) is 21.1 Å². The van der Waals surface area contributed by atoms with Crippen LogP contribution in [0.3, 0.4) is 0 Å². The van der Waals surface area contributed by atoms with Gasteiger partial charge < -0.3 is 14.8 Å². The number of rotatable bonds is 9. The van der Waals surface area contributed by atoms with Gasteiger partial charge in [0.15, 0.2) is 6.61 Å². The molecule has 2 aromatic rings. The molecule has 1 aliphatic heterocycles. The maximum absolute atomic E-state index is 12.6. The second kappa shape index (κ2) is 11.4. The van der Waals surface area contributed by atoms with Crippen molar-refractivity contribution in [1.82, 2.24) is 4.31 Å². The number of nitro benzene ring substituents is 1. The Kier molecular flexibility index (Phi) is 8.56. The molecule has 0 aliphatic carbocycles. The number of morpholine rings is 1. The lowest BCUT2D eigenvalue weighted by molar-refractivity contribution is -0.383. The van der Waals surface area contributed by atoms with Crippen molar-refractivity contribution >= 4 is 44.9 Å². The molecule has 182 valence electrons. The highest BCUT2D eigenvalue weighted by Crippen LogP contribution is 2.27. The third kappa shape index (κ3) is 6.73. The quantitative estimate of drug-likeness (QED) is 0.307. The van der Waals surface area contributed by atoms with Crippen LogP contribution in [0.2, 0.25) is 5.02 Å². The van der Waals surface area contributed by atoms with Gasteiger partial charge in [-0.05, 0) is 36.2 Å². The van der Waals surface area contributed by atoms with Crippen molar-refractivity contribution in [3.8, 4) is 0 Å². The summed E-state index contributed by atoms with van der Waals surface area (Å²) in [7, 11) is -3.60. The van der Waals surface area contributed by atoms with Gasteiger partial charge in [0.05, 0.1) is 23.0 Å². The van der Waals surface area contributed by atoms with Gasteiger partial charge in [0.2, 0.25) is 10.0 Å². The molecule has 1 fully saturated rings. The summed E-state index contributed by atoms with van der Waals surface area (Å²) < 4.78 is 36.7. The Hall–Kier alpha value is -3.06. The lowest BCUT2D eigenvalue weighted by Gasteiger charge is -2.26. The fourth-order valence-electron chi connectivity index (χ4n) is 3.18. The highest BCUT2D eigenvalue weighted by atomic mass is 35.5. The molecule has 11 nitrogen and oxygen atoms in total. The van der Waals surface area contributed by atoms with E-state index in [0.717, 1.165) is 11.6 Å². The topological polar surface area (TPSA) is 145 Å². The smallest absolute Gasteiger partial charge is 0.306 e. The molecule has 0 unspecified atom stereocenters. The van der Waals surface area contributed by atoms with Gasteiger partial charge in [-0.2, -0.15) is 4.31 Å². The Morgan fingerprint density at radius 1 is 1.15 bits per heavy atom. The van der Waals surface area contributed by atoms with Crippen LogP contribution in [-0.2, 0) is 35.5 Å². The number of amides is 1. The second-order valence-corrected chi connectivity index (χ2v) is 9.66. The van der Waals surface area contributed by atoms with Crippen molar-refractivity contribution < 1.29 is 32.4 Å². The third-order valence-electron chi connectivity index (χ3n) is 4.94. The van der Waals surface area contributed by atoms with Crippen molar-refractivity contribution in [3.63, 3.8) is 0 Å². The molecule has 0 aromatic heterocycles. The van der Waals surface area contributed by atoms with Gasteiger partial charge in [0, 0.05) is 30.6 Å². The number of nitrogens with one attached hydrogen (secondary N) is 1. The van der Waals surface area contributed by atoms with Crippen LogP contribution in [0.4, 0.5) is 11.4 Å². The van der Waals surface area contributed by atoms with Crippen molar-refractivity contribution in [1.29, 1.82) is 0 Å². The lowest BCUT2D eigenvalue weighted by atomic mass is 10.1. The van der Waals surface area contributed by atoms with Gasteiger partial charge in [-0.15, -0.1) is 0 Å². The summed E-state index contributed by atoms with van der Waals surface area (Å²) in [4.78, 5) is 34.5. The van der Waals surface area contributed by atoms with Gasteiger partial charge in [0.25, 0.3) is 11.6 Å². The first-order valence-corrected chi connectivity index (χ1v) is 12.0. The first kappa shape index (κ1) is 25.6. The van der Waals surface area contributed by atoms with Gasteiger partial charge in [-0.1, -0.05) is 23.7 Å². The van der Waals surface area contributed by atoms with Gasteiger partial charge in [-0.25, -0.2) is 8.42 Å². The minimum atomic E-state index is -3.60. The molecule has 0 bridgehead atoms. The summed E-state index contributed by atoms with van der Waals surface area (Å²) in [6, 6.07) is 9.90. The molecular weight excluding hydrogens is 490 g/mol. The number of nitro groups is 1. The molecular formula is C21H22ClN3O8S. The minimum Gasteiger partial charge on any atom is -0.456 e. The maximum Gasteiger partial charge on any atom is 0.306 e. The van der Waals surface area contributed by atoms with E-state index in [1.807, 2.05) is 0 Å². The fourth-order valence-corrected chi connectivity index (χ4v) is 4.76. The molecule has 1 heterocycles. The van der Waals surface area contributed by atoms with E-state index in [9.17, 15) is 28.1 Å². The number of benzene rings is 2. The van der Waals surface area contributed by atoms with E-state index in [2.05, 4.69) is 5.32 Å². The van der Waals surface area contributed by atoms with Crippen molar-refractivity contribution in [2.75, 3.05) is 38.2 Å². The molecule has 2 aromatic carbocycles. The Morgan fingerprint density at radius 3 is 2.47 bits per heavy atom. The number of anilines is 1. The van der Waals surface area contributed by atoms with Gasteiger partial charge >= 0.3 is 5.97 Å². The number of nitrogens with zero attached hydrogens (tertiary/aromatic N) is 2. The molecule has 1 saturated heterocycles. The summed E-state index contributed by atoms with van der Waals surface area (Å²) >= 11 is 5.81. The Labute approximate surface area is 200 Å². The molecule has 0 radical (unpaired) electrons. The summed E-state index contributed by atoms with van der Waals surface area (Å²) in [5.41, 5.74) is 0.269. The predicted molar refractivity (Wildman–Crippen MR) is 122 cm³/mol. The maximum atomic E-state index is 12.6. The molecule has 13 heteroatoms. The van der Waals surface area contributed by atoms with Crippen molar-refractivity contribution in [3.05, 3.63) is 63.2 Å². The van der Waals surface area contributed by atoms with E-state index < -0.39 is 33.4 Å². The lowest BCUT2D eigenvalue weighted by Crippen LogP contribution is -2.40. The zero-order chi connectivity index (χ0) is 24.7. The van der Waals surface area contributed by atoms with Crippen LogP contribution >= 0.6 is 11.6 Å². The minimum absolute atomic E-state index is 0.0415. The standard InChI is InChI=1S/C21H22ClN3O8S/c22-16-4-7-19(25(28)29)18(13-16)23-20(26)14-33-21(27)8-3-15-1-5-17(6-2-15)34(30,31)24-9-11-32-12-10-24/h1-2,4-7,13H,3,8-12,14H2,(H,23,26). The first-order valence-electron chi connectivity index (χ1n) is 10.2. The van der Waals surface area contributed by atoms with Crippen LogP contribution in [0.5, 0.6) is 0 Å². The largest absolute Gasteiger partial charge is 0.456 e. The Balaban J connectivity index is 1.47. The summed E-state index contributed by atoms with van der Waals surface area (Å²) in [6.45, 7) is 0.683. The van der Waals surface area contributed by atoms with Crippen LogP contribution in [0.15, 0.2) is 47.4 Å². The van der Waals surface area contributed by atoms with E-state index in [1.165, 1.54) is 28.6 Å². The van der Waals surface area contributed by atoms with E-state index in [0.29, 0.717) is 26.3 Å². The highest BCUT2D eigenvalue weighted by Gasteiger charge is 2.26. The number of hydrogen-bond donors (Lipinski definition) is 1.